The lowest BCUT2D eigenvalue weighted by Crippen LogP contribution is -2.40. The number of pyridine rings is 1. The summed E-state index contributed by atoms with van der Waals surface area (Å²) in [7, 11) is 0. The predicted octanol–water partition coefficient (Wildman–Crippen LogP) is 2.91. The Balaban J connectivity index is 1.52. The Morgan fingerprint density at radius 1 is 1.22 bits per heavy atom. The van der Waals surface area contributed by atoms with Crippen molar-refractivity contribution < 1.29 is 9.52 Å². The molecule has 0 bridgehead atoms. The minimum atomic E-state index is -0.227. The molecular formula is C21H21N3O2S. The summed E-state index contributed by atoms with van der Waals surface area (Å²) in [6.07, 6.45) is 3.71. The zero-order valence-corrected chi connectivity index (χ0v) is 15.7. The van der Waals surface area contributed by atoms with Crippen LogP contribution in [0.3, 0.4) is 0 Å². The fourth-order valence-corrected chi connectivity index (χ4v) is 4.44. The quantitative estimate of drug-likeness (QED) is 0.548. The van der Waals surface area contributed by atoms with Gasteiger partial charge >= 0.3 is 0 Å². The SMILES string of the molecule is O=C(NCC(c1ccccc1)N1CCc2sccc2C1)c1ccc[n+]([O-])c1. The molecule has 0 saturated heterocycles. The van der Waals surface area contributed by atoms with Gasteiger partial charge < -0.3 is 10.5 Å². The van der Waals surface area contributed by atoms with E-state index in [9.17, 15) is 10.0 Å². The van der Waals surface area contributed by atoms with Crippen LogP contribution in [-0.2, 0) is 13.0 Å². The minimum absolute atomic E-state index is 0.0892. The number of amides is 1. The highest BCUT2D eigenvalue weighted by molar-refractivity contribution is 7.10. The maximum absolute atomic E-state index is 12.5. The molecule has 27 heavy (non-hydrogen) atoms. The van der Waals surface area contributed by atoms with Crippen LogP contribution in [0.4, 0.5) is 0 Å². The summed E-state index contributed by atoms with van der Waals surface area (Å²) in [6.45, 7) is 2.35. The van der Waals surface area contributed by atoms with E-state index in [2.05, 4.69) is 33.8 Å². The van der Waals surface area contributed by atoms with Crippen molar-refractivity contribution in [3.05, 3.63) is 93.1 Å². The molecule has 1 amide bonds. The van der Waals surface area contributed by atoms with Gasteiger partial charge in [0.05, 0.1) is 6.04 Å². The van der Waals surface area contributed by atoms with Crippen LogP contribution < -0.4 is 10.0 Å². The summed E-state index contributed by atoms with van der Waals surface area (Å²) in [5.41, 5.74) is 2.94. The normalized spacial score (nSPS) is 15.1. The maximum atomic E-state index is 12.5. The van der Waals surface area contributed by atoms with Gasteiger partial charge in [0.2, 0.25) is 0 Å². The molecule has 6 heteroatoms. The van der Waals surface area contributed by atoms with Crippen LogP contribution in [0.2, 0.25) is 0 Å². The molecule has 0 fully saturated rings. The zero-order valence-electron chi connectivity index (χ0n) is 14.9. The van der Waals surface area contributed by atoms with Crippen molar-refractivity contribution >= 4 is 17.2 Å². The molecule has 4 rings (SSSR count). The third kappa shape index (κ3) is 4.02. The molecule has 1 aromatic carbocycles. The van der Waals surface area contributed by atoms with Gasteiger partial charge in [-0.05, 0) is 35.1 Å². The van der Waals surface area contributed by atoms with Gasteiger partial charge in [-0.25, -0.2) is 0 Å². The Bertz CT molecular complexity index is 926. The third-order valence-corrected chi connectivity index (χ3v) is 5.98. The van der Waals surface area contributed by atoms with Crippen molar-refractivity contribution in [2.75, 3.05) is 13.1 Å². The van der Waals surface area contributed by atoms with E-state index in [4.69, 9.17) is 0 Å². The molecule has 2 aromatic heterocycles. The number of fused-ring (bicyclic) bond motifs is 1. The number of benzene rings is 1. The molecule has 1 N–H and O–H groups in total. The van der Waals surface area contributed by atoms with Crippen LogP contribution >= 0.6 is 11.3 Å². The van der Waals surface area contributed by atoms with Gasteiger partial charge in [0, 0.05) is 30.6 Å². The van der Waals surface area contributed by atoms with Gasteiger partial charge in [0.1, 0.15) is 5.56 Å². The monoisotopic (exact) mass is 379 g/mol. The lowest BCUT2D eigenvalue weighted by molar-refractivity contribution is -0.605. The number of hydrogen-bond acceptors (Lipinski definition) is 4. The zero-order chi connectivity index (χ0) is 18.6. The van der Waals surface area contributed by atoms with Crippen LogP contribution in [-0.4, -0.2) is 23.9 Å². The highest BCUT2D eigenvalue weighted by atomic mass is 32.1. The molecule has 5 nitrogen and oxygen atoms in total. The second kappa shape index (κ2) is 7.90. The lowest BCUT2D eigenvalue weighted by Gasteiger charge is -2.35. The van der Waals surface area contributed by atoms with E-state index >= 15 is 0 Å². The molecule has 3 heterocycles. The second-order valence-electron chi connectivity index (χ2n) is 6.68. The van der Waals surface area contributed by atoms with Crippen molar-refractivity contribution in [2.45, 2.75) is 19.0 Å². The number of rotatable bonds is 5. The van der Waals surface area contributed by atoms with Crippen LogP contribution in [0.25, 0.3) is 0 Å². The van der Waals surface area contributed by atoms with Crippen molar-refractivity contribution in [1.82, 2.24) is 10.2 Å². The summed E-state index contributed by atoms with van der Waals surface area (Å²) in [5.74, 6) is -0.227. The number of nitrogens with one attached hydrogen (secondary N) is 1. The number of thiophene rings is 1. The average molecular weight is 379 g/mol. The molecule has 0 aliphatic carbocycles. The third-order valence-electron chi connectivity index (χ3n) is 4.96. The standard InChI is InChI=1S/C21H21N3O2S/c25-21(18-7-4-10-24(26)15-18)22-13-19(16-5-2-1-3-6-16)23-11-8-20-17(14-23)9-12-27-20/h1-7,9-10,12,15,19H,8,11,13-14H2,(H,22,25). The number of aromatic nitrogens is 1. The summed E-state index contributed by atoms with van der Waals surface area (Å²) in [5, 5.41) is 16.6. The molecule has 1 aliphatic heterocycles. The maximum Gasteiger partial charge on any atom is 0.257 e. The molecule has 0 spiro atoms. The number of carbonyl (C=O) groups excluding carboxylic acids is 1. The minimum Gasteiger partial charge on any atom is -0.619 e. The summed E-state index contributed by atoms with van der Waals surface area (Å²) >= 11 is 1.82. The molecule has 0 saturated carbocycles. The first-order valence-corrected chi connectivity index (χ1v) is 9.90. The van der Waals surface area contributed by atoms with Gasteiger partial charge in [-0.15, -0.1) is 11.3 Å². The highest BCUT2D eigenvalue weighted by Gasteiger charge is 2.26. The molecule has 1 atom stereocenters. The van der Waals surface area contributed by atoms with E-state index in [0.717, 1.165) is 19.5 Å². The largest absolute Gasteiger partial charge is 0.619 e. The van der Waals surface area contributed by atoms with Crippen LogP contribution in [0, 0.1) is 5.21 Å². The van der Waals surface area contributed by atoms with Crippen molar-refractivity contribution in [3.63, 3.8) is 0 Å². The highest BCUT2D eigenvalue weighted by Crippen LogP contribution is 2.30. The number of carbonyl (C=O) groups is 1. The molecular weight excluding hydrogens is 358 g/mol. The Morgan fingerprint density at radius 2 is 2.07 bits per heavy atom. The van der Waals surface area contributed by atoms with Crippen LogP contribution in [0.15, 0.2) is 66.3 Å². The average Bonchev–Trinajstić information content (AvgIpc) is 3.17. The van der Waals surface area contributed by atoms with Crippen LogP contribution in [0.5, 0.6) is 0 Å². The fourth-order valence-electron chi connectivity index (χ4n) is 3.55. The van der Waals surface area contributed by atoms with Gasteiger partial charge in [0.15, 0.2) is 12.4 Å². The van der Waals surface area contributed by atoms with E-state index in [1.165, 1.54) is 28.4 Å². The Hall–Kier alpha value is -2.70. The Labute approximate surface area is 162 Å². The molecule has 1 unspecified atom stereocenters. The summed E-state index contributed by atoms with van der Waals surface area (Å²) in [4.78, 5) is 16.4. The van der Waals surface area contributed by atoms with Gasteiger partial charge in [-0.2, -0.15) is 4.73 Å². The van der Waals surface area contributed by atoms with Crippen molar-refractivity contribution in [3.8, 4) is 0 Å². The first-order chi connectivity index (χ1) is 13.2. The van der Waals surface area contributed by atoms with Crippen LogP contribution in [0.1, 0.15) is 32.4 Å². The smallest absolute Gasteiger partial charge is 0.257 e. The van der Waals surface area contributed by atoms with Gasteiger partial charge in [-0.3, -0.25) is 9.69 Å². The molecule has 1 aliphatic rings. The van der Waals surface area contributed by atoms with Gasteiger partial charge in [0.25, 0.3) is 5.91 Å². The van der Waals surface area contributed by atoms with E-state index in [0.29, 0.717) is 16.8 Å². The van der Waals surface area contributed by atoms with E-state index in [1.54, 1.807) is 12.1 Å². The van der Waals surface area contributed by atoms with E-state index in [1.807, 2.05) is 29.5 Å². The topological polar surface area (TPSA) is 59.3 Å². The van der Waals surface area contributed by atoms with E-state index < -0.39 is 0 Å². The Kier molecular flexibility index (Phi) is 5.18. The first-order valence-electron chi connectivity index (χ1n) is 9.02. The molecule has 0 radical (unpaired) electrons. The van der Waals surface area contributed by atoms with Gasteiger partial charge in [-0.1, -0.05) is 30.3 Å². The number of hydrogen-bond donors (Lipinski definition) is 1. The first kappa shape index (κ1) is 17.7. The Morgan fingerprint density at radius 3 is 2.89 bits per heavy atom. The lowest BCUT2D eigenvalue weighted by atomic mass is 10.0. The summed E-state index contributed by atoms with van der Waals surface area (Å²) in [6, 6.07) is 15.8. The second-order valence-corrected chi connectivity index (χ2v) is 7.68. The predicted molar refractivity (Wildman–Crippen MR) is 105 cm³/mol. The van der Waals surface area contributed by atoms with Crippen molar-refractivity contribution in [2.24, 2.45) is 0 Å². The number of nitrogens with zero attached hydrogens (tertiary/aromatic N) is 2. The van der Waals surface area contributed by atoms with Crippen molar-refractivity contribution in [1.29, 1.82) is 0 Å². The fraction of sp³-hybridized carbons (Fsp3) is 0.238. The summed E-state index contributed by atoms with van der Waals surface area (Å²) < 4.78 is 0.645. The van der Waals surface area contributed by atoms with E-state index in [-0.39, 0.29) is 11.9 Å². The molecule has 3 aromatic rings. The molecule has 138 valence electrons.